The smallest absolute Gasteiger partial charge is 0.277 e. The summed E-state index contributed by atoms with van der Waals surface area (Å²) in [6, 6.07) is 8.38. The van der Waals surface area contributed by atoms with Gasteiger partial charge in [-0.1, -0.05) is 6.08 Å². The molecule has 0 aromatic heterocycles. The number of nitrogens with one attached hydrogen (secondary N) is 1. The van der Waals surface area contributed by atoms with Crippen LogP contribution in [0, 0.1) is 17.2 Å². The van der Waals surface area contributed by atoms with Crippen LogP contribution >= 0.6 is 0 Å². The van der Waals surface area contributed by atoms with Gasteiger partial charge in [0, 0.05) is 22.8 Å². The third-order valence-electron chi connectivity index (χ3n) is 4.76. The number of carbonyl (C=O) groups is 2. The third kappa shape index (κ3) is 2.72. The number of rotatable bonds is 1. The maximum Gasteiger partial charge on any atom is 0.277 e. The minimum atomic E-state index is -0.373. The van der Waals surface area contributed by atoms with Crippen molar-refractivity contribution >= 4 is 17.5 Å². The SMILES string of the molecule is N#Cc1ccc(C(=O)N=C2C=CC3C(=C2)NC(=O)C2=C3CCC2)cc1. The Morgan fingerprint density at radius 3 is 2.80 bits per heavy atom. The van der Waals surface area contributed by atoms with E-state index in [9.17, 15) is 9.59 Å². The number of fused-ring (bicyclic) bond motifs is 2. The molecule has 25 heavy (non-hydrogen) atoms. The molecule has 0 radical (unpaired) electrons. The zero-order valence-corrected chi connectivity index (χ0v) is 13.5. The highest BCUT2D eigenvalue weighted by atomic mass is 16.2. The molecule has 0 bridgehead atoms. The summed E-state index contributed by atoms with van der Waals surface area (Å²) in [5, 5.41) is 11.7. The number of nitriles is 1. The first-order chi connectivity index (χ1) is 12.2. The number of aliphatic imine (C=N–C) groups is 1. The number of hydrogen-bond donors (Lipinski definition) is 1. The van der Waals surface area contributed by atoms with E-state index in [1.165, 1.54) is 5.57 Å². The number of carbonyl (C=O) groups excluding carboxylic acids is 2. The molecule has 0 saturated carbocycles. The van der Waals surface area contributed by atoms with Crippen LogP contribution in [0.4, 0.5) is 0 Å². The maximum absolute atomic E-state index is 12.3. The molecule has 1 atom stereocenters. The normalized spacial score (nSPS) is 22.8. The van der Waals surface area contributed by atoms with Crippen molar-refractivity contribution in [3.63, 3.8) is 0 Å². The van der Waals surface area contributed by atoms with Crippen molar-refractivity contribution in [3.05, 3.63) is 70.5 Å². The van der Waals surface area contributed by atoms with E-state index in [1.807, 2.05) is 18.2 Å². The zero-order valence-electron chi connectivity index (χ0n) is 13.5. The van der Waals surface area contributed by atoms with Crippen LogP contribution < -0.4 is 5.32 Å². The summed E-state index contributed by atoms with van der Waals surface area (Å²) in [5.74, 6) is -0.301. The second kappa shape index (κ2) is 5.99. The molecular formula is C20H15N3O2. The van der Waals surface area contributed by atoms with Crippen molar-refractivity contribution in [2.45, 2.75) is 19.3 Å². The van der Waals surface area contributed by atoms with Crippen molar-refractivity contribution in [1.82, 2.24) is 5.32 Å². The lowest BCUT2D eigenvalue weighted by atomic mass is 9.85. The molecule has 1 heterocycles. The van der Waals surface area contributed by atoms with Gasteiger partial charge >= 0.3 is 0 Å². The number of benzene rings is 1. The standard InChI is InChI=1S/C20H15N3O2/c21-11-12-4-6-13(7-5-12)19(24)22-14-8-9-16-15-2-1-3-17(15)20(25)23-18(16)10-14/h4-10,16H,1-3H2,(H,23,25). The van der Waals surface area contributed by atoms with E-state index >= 15 is 0 Å². The van der Waals surface area contributed by atoms with E-state index in [-0.39, 0.29) is 17.7 Å². The van der Waals surface area contributed by atoms with Gasteiger partial charge < -0.3 is 5.32 Å². The summed E-state index contributed by atoms with van der Waals surface area (Å²) >= 11 is 0. The highest BCUT2D eigenvalue weighted by Crippen LogP contribution is 2.39. The Kier molecular flexibility index (Phi) is 3.66. The van der Waals surface area contributed by atoms with Gasteiger partial charge in [0.05, 0.1) is 17.3 Å². The molecule has 0 fully saturated rings. The van der Waals surface area contributed by atoms with Crippen molar-refractivity contribution in [2.24, 2.45) is 10.9 Å². The number of nitrogens with zero attached hydrogens (tertiary/aromatic N) is 2. The Hall–Kier alpha value is -3.26. The highest BCUT2D eigenvalue weighted by molar-refractivity contribution is 6.14. The van der Waals surface area contributed by atoms with Gasteiger partial charge in [-0.2, -0.15) is 5.26 Å². The van der Waals surface area contributed by atoms with Crippen LogP contribution in [0.5, 0.6) is 0 Å². The van der Waals surface area contributed by atoms with Gasteiger partial charge in [-0.05, 0) is 61.3 Å². The summed E-state index contributed by atoms with van der Waals surface area (Å²) in [6.45, 7) is 0. The summed E-state index contributed by atoms with van der Waals surface area (Å²) in [6.07, 6.45) is 8.42. The minimum absolute atomic E-state index is 0.0249. The van der Waals surface area contributed by atoms with Gasteiger partial charge in [-0.15, -0.1) is 0 Å². The second-order valence-electron chi connectivity index (χ2n) is 6.28. The van der Waals surface area contributed by atoms with Gasteiger partial charge in [0.2, 0.25) is 0 Å². The van der Waals surface area contributed by atoms with Crippen molar-refractivity contribution in [2.75, 3.05) is 0 Å². The predicted molar refractivity (Wildman–Crippen MR) is 92.7 cm³/mol. The van der Waals surface area contributed by atoms with E-state index in [0.717, 1.165) is 30.5 Å². The van der Waals surface area contributed by atoms with Gasteiger partial charge in [0.25, 0.3) is 11.8 Å². The number of amides is 2. The summed E-state index contributed by atoms with van der Waals surface area (Å²) < 4.78 is 0. The maximum atomic E-state index is 12.3. The van der Waals surface area contributed by atoms with Gasteiger partial charge in [-0.25, -0.2) is 4.99 Å². The van der Waals surface area contributed by atoms with Crippen molar-refractivity contribution < 1.29 is 9.59 Å². The Morgan fingerprint density at radius 1 is 1.24 bits per heavy atom. The topological polar surface area (TPSA) is 82.3 Å². The Morgan fingerprint density at radius 2 is 2.04 bits per heavy atom. The molecular weight excluding hydrogens is 314 g/mol. The van der Waals surface area contributed by atoms with E-state index in [4.69, 9.17) is 5.26 Å². The first kappa shape index (κ1) is 15.3. The minimum Gasteiger partial charge on any atom is -0.325 e. The fraction of sp³-hybridized carbons (Fsp3) is 0.200. The lowest BCUT2D eigenvalue weighted by Gasteiger charge is -2.28. The lowest BCUT2D eigenvalue weighted by Crippen LogP contribution is -2.35. The fourth-order valence-corrected chi connectivity index (χ4v) is 3.53. The van der Waals surface area contributed by atoms with Crippen LogP contribution in [0.25, 0.3) is 0 Å². The molecule has 1 aromatic carbocycles. The quantitative estimate of drug-likeness (QED) is 0.860. The van der Waals surface area contributed by atoms with Gasteiger partial charge in [-0.3, -0.25) is 9.59 Å². The highest BCUT2D eigenvalue weighted by Gasteiger charge is 2.34. The van der Waals surface area contributed by atoms with E-state index in [0.29, 0.717) is 16.8 Å². The van der Waals surface area contributed by atoms with Crippen LogP contribution in [0.1, 0.15) is 35.2 Å². The van der Waals surface area contributed by atoms with Crippen LogP contribution in [-0.2, 0) is 4.79 Å². The molecule has 4 rings (SSSR count). The average molecular weight is 329 g/mol. The van der Waals surface area contributed by atoms with E-state index < -0.39 is 0 Å². The molecule has 1 aromatic rings. The average Bonchev–Trinajstić information content (AvgIpc) is 3.12. The molecule has 1 N–H and O–H groups in total. The predicted octanol–water partition coefficient (Wildman–Crippen LogP) is 2.82. The summed E-state index contributed by atoms with van der Waals surface area (Å²) in [7, 11) is 0. The Bertz CT molecular complexity index is 940. The third-order valence-corrected chi connectivity index (χ3v) is 4.76. The molecule has 122 valence electrons. The summed E-state index contributed by atoms with van der Waals surface area (Å²) in [5.41, 5.74) is 4.35. The molecule has 0 spiro atoms. The summed E-state index contributed by atoms with van der Waals surface area (Å²) in [4.78, 5) is 28.6. The fourth-order valence-electron chi connectivity index (χ4n) is 3.53. The van der Waals surface area contributed by atoms with Gasteiger partial charge in [0.15, 0.2) is 0 Å². The van der Waals surface area contributed by atoms with Crippen LogP contribution in [-0.4, -0.2) is 17.5 Å². The van der Waals surface area contributed by atoms with E-state index in [1.54, 1.807) is 30.3 Å². The Balaban J connectivity index is 1.60. The molecule has 1 aliphatic heterocycles. The van der Waals surface area contributed by atoms with Crippen LogP contribution in [0.15, 0.2) is 64.3 Å². The van der Waals surface area contributed by atoms with Crippen LogP contribution in [0.3, 0.4) is 0 Å². The first-order valence-corrected chi connectivity index (χ1v) is 8.22. The molecule has 0 saturated heterocycles. The lowest BCUT2D eigenvalue weighted by molar-refractivity contribution is -0.117. The largest absolute Gasteiger partial charge is 0.325 e. The van der Waals surface area contributed by atoms with Crippen LogP contribution in [0.2, 0.25) is 0 Å². The number of hydrogen-bond acceptors (Lipinski definition) is 3. The number of allylic oxidation sites excluding steroid dienone is 3. The molecule has 2 amide bonds. The molecule has 2 aliphatic carbocycles. The molecule has 5 heteroatoms. The molecule has 5 nitrogen and oxygen atoms in total. The van der Waals surface area contributed by atoms with E-state index in [2.05, 4.69) is 10.3 Å². The van der Waals surface area contributed by atoms with Gasteiger partial charge in [0.1, 0.15) is 0 Å². The Labute approximate surface area is 145 Å². The monoisotopic (exact) mass is 329 g/mol. The first-order valence-electron chi connectivity index (χ1n) is 8.22. The molecule has 1 unspecified atom stereocenters. The zero-order chi connectivity index (χ0) is 17.4. The van der Waals surface area contributed by atoms with Crippen molar-refractivity contribution in [1.29, 1.82) is 5.26 Å². The molecule has 3 aliphatic rings. The second-order valence-corrected chi connectivity index (χ2v) is 6.28. The van der Waals surface area contributed by atoms with Crippen molar-refractivity contribution in [3.8, 4) is 6.07 Å².